The van der Waals surface area contributed by atoms with Crippen LogP contribution in [0.5, 0.6) is 0 Å². The van der Waals surface area contributed by atoms with Crippen molar-refractivity contribution >= 4 is 29.7 Å². The molecule has 4 saturated heterocycles. The van der Waals surface area contributed by atoms with Crippen molar-refractivity contribution < 1.29 is 107 Å². The van der Waals surface area contributed by atoms with E-state index in [1.807, 2.05) is 0 Å². The molecule has 0 amide bonds. The third kappa shape index (κ3) is 7.59. The Balaban J connectivity index is 0.865. The lowest BCUT2D eigenvalue weighted by Crippen LogP contribution is -2.80. The maximum atomic E-state index is 14.1. The van der Waals surface area contributed by atoms with Gasteiger partial charge in [-0.15, -0.1) is 0 Å². The Bertz CT molecular complexity index is 2700. The van der Waals surface area contributed by atoms with Gasteiger partial charge in [-0.25, -0.2) is 14.4 Å². The molecule has 10 aliphatic rings. The summed E-state index contributed by atoms with van der Waals surface area (Å²) < 4.78 is 61.8. The van der Waals surface area contributed by atoms with E-state index in [-0.39, 0.29) is 48.2 Å². The molecule has 402 valence electrons. The van der Waals surface area contributed by atoms with Gasteiger partial charge in [0, 0.05) is 24.7 Å². The molecule has 3 aromatic carbocycles. The van der Waals surface area contributed by atoms with E-state index in [0.29, 0.717) is 0 Å². The predicted molar refractivity (Wildman–Crippen MR) is 246 cm³/mol. The summed E-state index contributed by atoms with van der Waals surface area (Å²) in [6.07, 6.45) is -21.2. The van der Waals surface area contributed by atoms with E-state index in [0.717, 1.165) is 0 Å². The number of hydrogen-bond donors (Lipinski definition) is 7. The quantitative estimate of drug-likeness (QED) is 0.0727. The van der Waals surface area contributed by atoms with E-state index in [2.05, 4.69) is 0 Å². The fourth-order valence-electron chi connectivity index (χ4n) is 13.5. The van der Waals surface area contributed by atoms with Gasteiger partial charge in [-0.1, -0.05) is 54.6 Å². The maximum absolute atomic E-state index is 14.1. The van der Waals surface area contributed by atoms with Crippen LogP contribution in [-0.2, 0) is 57.0 Å². The van der Waals surface area contributed by atoms with Crippen LogP contribution in [0.15, 0.2) is 91.0 Å². The first kappa shape index (κ1) is 51.8. The van der Waals surface area contributed by atoms with Crippen molar-refractivity contribution in [2.75, 3.05) is 26.4 Å². The molecule has 3 aromatic rings. The molecule has 8 bridgehead atoms. The molecule has 0 aromatic heterocycles. The molecule has 20 atom stereocenters. The Morgan fingerprint density at radius 1 is 0.573 bits per heavy atom. The summed E-state index contributed by atoms with van der Waals surface area (Å²) in [5, 5.41) is 79.3. The first-order valence-corrected chi connectivity index (χ1v) is 24.9. The van der Waals surface area contributed by atoms with Crippen molar-refractivity contribution in [3.8, 4) is 0 Å². The number of ketones is 1. The van der Waals surface area contributed by atoms with E-state index in [4.69, 9.17) is 47.4 Å². The molecule has 75 heavy (non-hydrogen) atoms. The maximum Gasteiger partial charge on any atom is 0.338 e. The zero-order chi connectivity index (χ0) is 53.0. The van der Waals surface area contributed by atoms with Crippen molar-refractivity contribution in [3.63, 3.8) is 0 Å². The van der Waals surface area contributed by atoms with Gasteiger partial charge >= 0.3 is 23.9 Å². The number of carbonyl (C=O) groups excluding carboxylic acids is 5. The van der Waals surface area contributed by atoms with E-state index in [1.165, 1.54) is 43.3 Å². The van der Waals surface area contributed by atoms with Gasteiger partial charge in [0.15, 0.2) is 18.9 Å². The Labute approximate surface area is 428 Å². The van der Waals surface area contributed by atoms with Crippen LogP contribution in [0, 0.1) is 22.7 Å². The standard InChI is InChI=1S/C53H58O22/c1-48-20-31(54)29-18-52(48,50(29,46(65)74-48)24-68-42(63)27-14-8-4-9-15-27)72-44-39(60)38(59)36(57)34(71-44)23-67-47-51(25-69-43(64)28-16-10-5-11-17-28)30-19-53(51,49(2,75-47)21-32(30)55)73-45-40(61)37(58)35(56)33(70-45)22-66-41(62)26-12-6-3-7-13-26/h3-17,29-31,33-40,44-45,47,54,56-61H,18-25H2,1-2H3/t29?,30?,31-,33-,34-,35-,36-,37+,38+,39-,40-,44+,45+,47?,48?,49-,50?,51+,52?,53+/m1/s1. The number of hydrogen-bond acceptors (Lipinski definition) is 22. The van der Waals surface area contributed by atoms with Crippen molar-refractivity contribution in [1.29, 1.82) is 0 Å². The fraction of sp³-hybridized carbons (Fsp3) is 0.566. The number of rotatable bonds is 16. The lowest BCUT2D eigenvalue weighted by atomic mass is 9.40. The fourth-order valence-corrected chi connectivity index (χ4v) is 13.5. The summed E-state index contributed by atoms with van der Waals surface area (Å²) in [4.78, 5) is 67.9. The van der Waals surface area contributed by atoms with Gasteiger partial charge < -0.3 is 83.1 Å². The third-order valence-electron chi connectivity index (χ3n) is 17.5. The van der Waals surface area contributed by atoms with Crippen LogP contribution in [0.25, 0.3) is 0 Å². The van der Waals surface area contributed by atoms with Crippen LogP contribution in [0.4, 0.5) is 0 Å². The lowest BCUT2D eigenvalue weighted by Gasteiger charge is -2.66. The Morgan fingerprint density at radius 2 is 1.07 bits per heavy atom. The zero-order valence-corrected chi connectivity index (χ0v) is 40.7. The molecule has 7 N–H and O–H groups in total. The third-order valence-corrected chi connectivity index (χ3v) is 17.5. The number of Topliss-reactive ketones (excluding diaryl/α,β-unsaturated/α-hetero) is 1. The Hall–Kier alpha value is -5.31. The summed E-state index contributed by atoms with van der Waals surface area (Å²) >= 11 is 0. The molecule has 22 heteroatoms. The van der Waals surface area contributed by atoms with Crippen LogP contribution in [-0.4, -0.2) is 188 Å². The average molecular weight is 1050 g/mol. The highest BCUT2D eigenvalue weighted by Gasteiger charge is 2.90. The Kier molecular flexibility index (Phi) is 12.9. The van der Waals surface area contributed by atoms with Crippen LogP contribution < -0.4 is 0 Å². The second kappa shape index (κ2) is 18.7. The number of ether oxygens (including phenoxy) is 10. The molecule has 6 aliphatic carbocycles. The molecule has 6 unspecified atom stereocenters. The van der Waals surface area contributed by atoms with Gasteiger partial charge in [-0.05, 0) is 63.1 Å². The number of carbonyl (C=O) groups is 5. The van der Waals surface area contributed by atoms with Gasteiger partial charge in [0.2, 0.25) is 0 Å². The summed E-state index contributed by atoms with van der Waals surface area (Å²) in [5.41, 5.74) is -9.66. The van der Waals surface area contributed by atoms with Gasteiger partial charge in [0.05, 0.1) is 34.8 Å². The molecular formula is C53H58O22. The minimum Gasteiger partial charge on any atom is -0.461 e. The van der Waals surface area contributed by atoms with Gasteiger partial charge in [0.1, 0.15) is 102 Å². The number of esters is 4. The normalized spacial score (nSPS) is 43.9. The van der Waals surface area contributed by atoms with Crippen molar-refractivity contribution in [2.24, 2.45) is 22.7 Å². The number of fused-ring (bicyclic) bond motifs is 2. The summed E-state index contributed by atoms with van der Waals surface area (Å²) in [7, 11) is 0. The molecule has 0 radical (unpaired) electrons. The van der Waals surface area contributed by atoms with E-state index >= 15 is 0 Å². The monoisotopic (exact) mass is 1050 g/mol. The first-order chi connectivity index (χ1) is 35.7. The largest absolute Gasteiger partial charge is 0.461 e. The number of aliphatic hydroxyl groups excluding tert-OH is 7. The number of benzene rings is 3. The van der Waals surface area contributed by atoms with Crippen molar-refractivity contribution in [2.45, 2.75) is 136 Å². The summed E-state index contributed by atoms with van der Waals surface area (Å²) in [6.45, 7) is 0.641. The molecule has 10 fully saturated rings. The molecule has 13 rings (SSSR count). The minimum absolute atomic E-state index is 0.0170. The van der Waals surface area contributed by atoms with Crippen molar-refractivity contribution in [3.05, 3.63) is 108 Å². The lowest BCUT2D eigenvalue weighted by molar-refractivity contribution is -0.397. The zero-order valence-electron chi connectivity index (χ0n) is 40.7. The smallest absolute Gasteiger partial charge is 0.338 e. The Morgan fingerprint density at radius 3 is 1.61 bits per heavy atom. The summed E-state index contributed by atoms with van der Waals surface area (Å²) in [5.74, 6) is -5.28. The number of aliphatic hydroxyl groups is 7. The van der Waals surface area contributed by atoms with E-state index in [1.54, 1.807) is 61.5 Å². The van der Waals surface area contributed by atoms with Crippen LogP contribution in [0.3, 0.4) is 0 Å². The predicted octanol–water partition coefficient (Wildman–Crippen LogP) is -0.119. The van der Waals surface area contributed by atoms with E-state index in [9.17, 15) is 59.7 Å². The van der Waals surface area contributed by atoms with Crippen molar-refractivity contribution in [1.82, 2.24) is 0 Å². The molecule has 0 spiro atoms. The van der Waals surface area contributed by atoms with Crippen LogP contribution in [0.2, 0.25) is 0 Å². The average Bonchev–Trinajstić information content (AvgIpc) is 3.54. The minimum atomic E-state index is -1.97. The highest BCUT2D eigenvalue weighted by Crippen LogP contribution is 2.75. The molecule has 22 nitrogen and oxygen atoms in total. The van der Waals surface area contributed by atoms with E-state index < -0.39 is 169 Å². The van der Waals surface area contributed by atoms with Crippen LogP contribution in [0.1, 0.15) is 70.6 Å². The van der Waals surface area contributed by atoms with Gasteiger partial charge in [0.25, 0.3) is 0 Å². The first-order valence-electron chi connectivity index (χ1n) is 24.9. The highest BCUT2D eigenvalue weighted by atomic mass is 16.8. The van der Waals surface area contributed by atoms with Gasteiger partial charge in [-0.2, -0.15) is 0 Å². The molecule has 4 heterocycles. The summed E-state index contributed by atoms with van der Waals surface area (Å²) in [6, 6.07) is 23.9. The second-order valence-corrected chi connectivity index (χ2v) is 21.4. The van der Waals surface area contributed by atoms with Gasteiger partial charge in [-0.3, -0.25) is 9.59 Å². The SMILES string of the molecule is CC12C[C@@H](O)C3CC1(O[C@@H]1O[C@H](COC4O[C@]5(C)CC(=O)C6C[C@@]5(O[C@@H]5O[C@H](COC(=O)c7ccccc7)[C@@H](O)[C@H](O)[C@H]5O)[C@]46COC(=O)c4ccccc4)[C@@H](O)[C@H](O)[C@H]1O)C3(COC(=O)c1ccccc1)C(=O)O2. The molecule has 4 aliphatic heterocycles. The topological polar surface area (TPSA) is 319 Å². The molecular weight excluding hydrogens is 989 g/mol. The molecule has 6 saturated carbocycles. The van der Waals surface area contributed by atoms with Crippen LogP contribution >= 0.6 is 0 Å². The highest BCUT2D eigenvalue weighted by molar-refractivity contribution is 5.92. The second-order valence-electron chi connectivity index (χ2n) is 21.4.